The van der Waals surface area contributed by atoms with Gasteiger partial charge in [0.05, 0.1) is 16.6 Å². The zero-order valence-corrected chi connectivity index (χ0v) is 19.6. The van der Waals surface area contributed by atoms with E-state index in [1.165, 1.54) is 18.4 Å². The molecule has 5 rings (SSSR count). The highest BCUT2D eigenvalue weighted by atomic mass is 16.4. The van der Waals surface area contributed by atoms with Crippen molar-refractivity contribution in [2.45, 2.75) is 44.6 Å². The molecule has 2 N–H and O–H groups in total. The van der Waals surface area contributed by atoms with E-state index in [-0.39, 0.29) is 11.5 Å². The number of nitrogens with one attached hydrogen (secondary N) is 1. The van der Waals surface area contributed by atoms with Gasteiger partial charge in [0.2, 0.25) is 0 Å². The van der Waals surface area contributed by atoms with Gasteiger partial charge in [0.25, 0.3) is 5.91 Å². The first-order valence-corrected chi connectivity index (χ1v) is 12.3. The van der Waals surface area contributed by atoms with E-state index in [1.54, 1.807) is 12.1 Å². The Morgan fingerprint density at radius 2 is 1.74 bits per heavy atom. The number of hydrogen-bond donors (Lipinski definition) is 2. The lowest BCUT2D eigenvalue weighted by Gasteiger charge is -2.17. The van der Waals surface area contributed by atoms with Gasteiger partial charge in [-0.05, 0) is 61.6 Å². The first-order chi connectivity index (χ1) is 17.1. The van der Waals surface area contributed by atoms with Crippen LogP contribution < -0.4 is 5.32 Å². The van der Waals surface area contributed by atoms with E-state index in [2.05, 4.69) is 22.0 Å². The zero-order chi connectivity index (χ0) is 24.2. The van der Waals surface area contributed by atoms with Crippen molar-refractivity contribution in [1.82, 2.24) is 14.9 Å². The van der Waals surface area contributed by atoms with Gasteiger partial charge >= 0.3 is 5.97 Å². The Balaban J connectivity index is 1.39. The summed E-state index contributed by atoms with van der Waals surface area (Å²) in [7, 11) is 0. The fourth-order valence-electron chi connectivity index (χ4n) is 5.01. The summed E-state index contributed by atoms with van der Waals surface area (Å²) in [5, 5.41) is 12.5. The molecule has 4 aromatic rings. The maximum Gasteiger partial charge on any atom is 0.335 e. The van der Waals surface area contributed by atoms with Gasteiger partial charge in [0.15, 0.2) is 0 Å². The Labute approximate surface area is 204 Å². The second-order valence-corrected chi connectivity index (χ2v) is 9.18. The summed E-state index contributed by atoms with van der Waals surface area (Å²) in [6, 6.07) is 23.3. The van der Waals surface area contributed by atoms with Crippen LogP contribution >= 0.6 is 0 Å². The molecule has 178 valence electrons. The molecule has 1 aliphatic carbocycles. The highest BCUT2D eigenvalue weighted by Crippen LogP contribution is 2.37. The van der Waals surface area contributed by atoms with Crippen LogP contribution in [0, 0.1) is 0 Å². The zero-order valence-electron chi connectivity index (χ0n) is 19.6. The molecule has 0 radical (unpaired) electrons. The Hall–Kier alpha value is -3.93. The fourth-order valence-corrected chi connectivity index (χ4v) is 5.01. The topological polar surface area (TPSA) is 84.2 Å². The molecule has 1 fully saturated rings. The number of carbonyl (C=O) groups excluding carboxylic acids is 1. The molecule has 0 spiro atoms. The smallest absolute Gasteiger partial charge is 0.335 e. The molecule has 1 amide bonds. The number of aromatic nitrogens is 2. The van der Waals surface area contributed by atoms with E-state index in [0.29, 0.717) is 23.7 Å². The molecule has 6 nitrogen and oxygen atoms in total. The molecular formula is C29H29N3O3. The fraction of sp³-hybridized carbons (Fsp3) is 0.276. The monoisotopic (exact) mass is 467 g/mol. The van der Waals surface area contributed by atoms with Crippen LogP contribution in [-0.2, 0) is 6.42 Å². The summed E-state index contributed by atoms with van der Waals surface area (Å²) in [4.78, 5) is 29.2. The predicted octanol–water partition coefficient (Wildman–Crippen LogP) is 5.88. The number of fused-ring (bicyclic) bond motifs is 1. The van der Waals surface area contributed by atoms with E-state index in [9.17, 15) is 14.7 Å². The van der Waals surface area contributed by atoms with Crippen LogP contribution in [0.15, 0.2) is 72.8 Å². The molecule has 0 unspecified atom stereocenters. The van der Waals surface area contributed by atoms with E-state index in [4.69, 9.17) is 4.98 Å². The summed E-state index contributed by atoms with van der Waals surface area (Å²) in [6.07, 6.45) is 6.27. The maximum atomic E-state index is 12.9. The van der Waals surface area contributed by atoms with Crippen molar-refractivity contribution in [2.75, 3.05) is 6.54 Å². The Bertz CT molecular complexity index is 1350. The third kappa shape index (κ3) is 4.97. The maximum absolute atomic E-state index is 12.9. The summed E-state index contributed by atoms with van der Waals surface area (Å²) in [5.41, 5.74) is 4.56. The summed E-state index contributed by atoms with van der Waals surface area (Å²) >= 11 is 0. The predicted molar refractivity (Wildman–Crippen MR) is 137 cm³/mol. The molecule has 1 aliphatic rings. The van der Waals surface area contributed by atoms with Gasteiger partial charge in [0, 0.05) is 23.7 Å². The van der Waals surface area contributed by atoms with E-state index >= 15 is 0 Å². The Morgan fingerprint density at radius 1 is 0.943 bits per heavy atom. The number of aromatic carboxylic acids is 1. The van der Waals surface area contributed by atoms with Crippen LogP contribution in [0.4, 0.5) is 0 Å². The standard InChI is InChI=1S/C29H29N3O3/c33-28(30-17-7-10-20-8-2-1-3-9-20)22-12-6-11-21(18-22)27-31-25-19-23(29(34)35)15-16-26(25)32(27)24-13-4-5-14-24/h1-3,6,8-9,11-12,15-16,18-19,24H,4-5,7,10,13-14,17H2,(H,30,33)(H,34,35). The number of carboxylic acid groups (broad SMARTS) is 1. The quantitative estimate of drug-likeness (QED) is 0.317. The van der Waals surface area contributed by atoms with Gasteiger partial charge in [-0.25, -0.2) is 9.78 Å². The number of aryl methyl sites for hydroxylation is 1. The van der Waals surface area contributed by atoms with Crippen molar-refractivity contribution >= 4 is 22.9 Å². The molecule has 1 saturated carbocycles. The van der Waals surface area contributed by atoms with Gasteiger partial charge in [-0.2, -0.15) is 0 Å². The highest BCUT2D eigenvalue weighted by Gasteiger charge is 2.24. The number of nitrogens with zero attached hydrogens (tertiary/aromatic N) is 2. The average molecular weight is 468 g/mol. The summed E-state index contributed by atoms with van der Waals surface area (Å²) in [6.45, 7) is 0.608. The summed E-state index contributed by atoms with van der Waals surface area (Å²) < 4.78 is 2.24. The van der Waals surface area contributed by atoms with Crippen molar-refractivity contribution in [1.29, 1.82) is 0 Å². The van der Waals surface area contributed by atoms with E-state index in [0.717, 1.165) is 42.6 Å². The molecule has 3 aromatic carbocycles. The van der Waals surface area contributed by atoms with Crippen LogP contribution in [0.1, 0.15) is 64.4 Å². The SMILES string of the molecule is O=C(O)c1ccc2c(c1)nc(-c1cccc(C(=O)NCCCc3ccccc3)c1)n2C1CCCC1. The highest BCUT2D eigenvalue weighted by molar-refractivity contribution is 5.96. The first kappa shape index (κ1) is 22.8. The van der Waals surface area contributed by atoms with Crippen molar-refractivity contribution in [3.8, 4) is 11.4 Å². The second-order valence-electron chi connectivity index (χ2n) is 9.18. The normalized spacial score (nSPS) is 13.8. The molecule has 1 aromatic heterocycles. The number of carboxylic acids is 1. The molecule has 1 heterocycles. The minimum Gasteiger partial charge on any atom is -0.478 e. The number of imidazole rings is 1. The van der Waals surface area contributed by atoms with Gasteiger partial charge in [0.1, 0.15) is 5.82 Å². The molecule has 0 atom stereocenters. The summed E-state index contributed by atoms with van der Waals surface area (Å²) in [5.74, 6) is -0.278. The molecule has 6 heteroatoms. The van der Waals surface area contributed by atoms with Gasteiger partial charge in [-0.1, -0.05) is 55.3 Å². The van der Waals surface area contributed by atoms with Crippen LogP contribution in [0.2, 0.25) is 0 Å². The van der Waals surface area contributed by atoms with Crippen LogP contribution in [0.3, 0.4) is 0 Å². The number of hydrogen-bond acceptors (Lipinski definition) is 3. The average Bonchev–Trinajstić information content (AvgIpc) is 3.54. The van der Waals surface area contributed by atoms with Crippen molar-refractivity contribution in [3.05, 3.63) is 89.5 Å². The lowest BCUT2D eigenvalue weighted by molar-refractivity contribution is 0.0696. The number of carbonyl (C=O) groups is 2. The van der Waals surface area contributed by atoms with Crippen molar-refractivity contribution in [3.63, 3.8) is 0 Å². The molecule has 0 aliphatic heterocycles. The molecule has 0 bridgehead atoms. The lowest BCUT2D eigenvalue weighted by atomic mass is 10.1. The van der Waals surface area contributed by atoms with Crippen LogP contribution in [0.5, 0.6) is 0 Å². The number of rotatable bonds is 8. The Morgan fingerprint density at radius 3 is 2.51 bits per heavy atom. The van der Waals surface area contributed by atoms with Crippen molar-refractivity contribution < 1.29 is 14.7 Å². The van der Waals surface area contributed by atoms with E-state index < -0.39 is 5.97 Å². The van der Waals surface area contributed by atoms with Crippen LogP contribution in [-0.4, -0.2) is 33.1 Å². The largest absolute Gasteiger partial charge is 0.478 e. The van der Waals surface area contributed by atoms with Crippen LogP contribution in [0.25, 0.3) is 22.4 Å². The Kier molecular flexibility index (Phi) is 6.62. The van der Waals surface area contributed by atoms with Gasteiger partial charge in [-0.15, -0.1) is 0 Å². The third-order valence-electron chi connectivity index (χ3n) is 6.78. The first-order valence-electron chi connectivity index (χ1n) is 12.3. The van der Waals surface area contributed by atoms with Crippen molar-refractivity contribution in [2.24, 2.45) is 0 Å². The van der Waals surface area contributed by atoms with Gasteiger partial charge in [-0.3, -0.25) is 4.79 Å². The number of amides is 1. The molecule has 0 saturated heterocycles. The molecular weight excluding hydrogens is 438 g/mol. The minimum atomic E-state index is -0.963. The van der Waals surface area contributed by atoms with E-state index in [1.807, 2.05) is 48.5 Å². The third-order valence-corrected chi connectivity index (χ3v) is 6.78. The lowest BCUT2D eigenvalue weighted by Crippen LogP contribution is -2.24. The minimum absolute atomic E-state index is 0.100. The second kappa shape index (κ2) is 10.1. The van der Waals surface area contributed by atoms with Gasteiger partial charge < -0.3 is 15.0 Å². The number of benzene rings is 3. The molecule has 35 heavy (non-hydrogen) atoms.